The van der Waals surface area contributed by atoms with E-state index in [-0.39, 0.29) is 18.4 Å². The molecule has 0 aliphatic carbocycles. The highest BCUT2D eigenvalue weighted by molar-refractivity contribution is 7.15. The van der Waals surface area contributed by atoms with E-state index in [2.05, 4.69) is 28.0 Å². The minimum absolute atomic E-state index is 0.148. The lowest BCUT2D eigenvalue weighted by Gasteiger charge is -2.26. The molecule has 3 aromatic carbocycles. The van der Waals surface area contributed by atoms with Gasteiger partial charge in [0.05, 0.1) is 57.1 Å². The van der Waals surface area contributed by atoms with Gasteiger partial charge in [-0.3, -0.25) is 14.4 Å². The van der Waals surface area contributed by atoms with Crippen LogP contribution in [0.1, 0.15) is 41.2 Å². The summed E-state index contributed by atoms with van der Waals surface area (Å²) in [5.74, 6) is 2.15. The fourth-order valence-corrected chi connectivity index (χ4v) is 8.51. The maximum Gasteiger partial charge on any atom is 0.320 e. The second-order valence-corrected chi connectivity index (χ2v) is 15.5. The third-order valence-corrected chi connectivity index (χ3v) is 11.3. The van der Waals surface area contributed by atoms with Crippen molar-refractivity contribution in [1.29, 1.82) is 0 Å². The van der Waals surface area contributed by atoms with Crippen LogP contribution in [-0.2, 0) is 37.4 Å². The fraction of sp³-hybridized carbons (Fsp3) is 0.357. The van der Waals surface area contributed by atoms with E-state index in [0.29, 0.717) is 59.6 Å². The molecule has 1 saturated heterocycles. The maximum atomic E-state index is 13.1. The lowest BCUT2D eigenvalue weighted by Crippen LogP contribution is -2.41. The Bertz CT molecular complexity index is 2400. The van der Waals surface area contributed by atoms with Gasteiger partial charge in [-0.1, -0.05) is 6.07 Å². The van der Waals surface area contributed by atoms with Crippen molar-refractivity contribution in [2.24, 2.45) is 0 Å². The zero-order chi connectivity index (χ0) is 39.5. The molecule has 0 radical (unpaired) electrons. The van der Waals surface area contributed by atoms with Gasteiger partial charge in [0.1, 0.15) is 16.3 Å². The van der Waals surface area contributed by atoms with Gasteiger partial charge in [0.25, 0.3) is 0 Å². The largest absolute Gasteiger partial charge is 0.497 e. The number of urea groups is 1. The van der Waals surface area contributed by atoms with Gasteiger partial charge in [0, 0.05) is 55.7 Å². The van der Waals surface area contributed by atoms with Crippen LogP contribution in [0.5, 0.6) is 17.2 Å². The third-order valence-electron chi connectivity index (χ3n) is 10.3. The standard InChI is InChI=1S/C42H46N8O6S/c1-47(24-29-20-30-25-49(16-7-17-50(30)46-29)42(52)48-14-5-6-15-48)26-40-43-23-38(57-40)33-22-31(53-2)10-11-32(33)41-45-34-21-28(9-13-35(34)56-41)44-39(51)19-27-8-12-36(54-3)37(18-27)55-4/h8-13,18,20-23H,5-7,14-17,19,24-26H2,1-4H3,(H,44,51). The number of ether oxygens (including phenoxy) is 3. The third kappa shape index (κ3) is 8.44. The number of thiazole rings is 1. The quantitative estimate of drug-likeness (QED) is 0.137. The number of methoxy groups -OCH3 is 3. The molecule has 2 aliphatic rings. The smallest absolute Gasteiger partial charge is 0.320 e. The number of hydrogen-bond donors (Lipinski definition) is 1. The number of hydrogen-bond acceptors (Lipinski definition) is 11. The van der Waals surface area contributed by atoms with Gasteiger partial charge in [0.15, 0.2) is 17.1 Å². The summed E-state index contributed by atoms with van der Waals surface area (Å²) in [5, 5.41) is 8.84. The topological polar surface area (TPSA) is 140 Å². The molecule has 0 saturated carbocycles. The summed E-state index contributed by atoms with van der Waals surface area (Å²) in [6.07, 6.45) is 5.11. The summed E-state index contributed by atoms with van der Waals surface area (Å²) < 4.78 is 24.6. The predicted octanol–water partition coefficient (Wildman–Crippen LogP) is 7.08. The zero-order valence-corrected chi connectivity index (χ0v) is 33.4. The van der Waals surface area contributed by atoms with E-state index in [9.17, 15) is 9.59 Å². The van der Waals surface area contributed by atoms with Crippen LogP contribution in [-0.4, -0.2) is 94.4 Å². The molecule has 0 atom stereocenters. The number of nitrogens with zero attached hydrogens (tertiary/aromatic N) is 7. The predicted molar refractivity (Wildman–Crippen MR) is 218 cm³/mol. The second kappa shape index (κ2) is 16.7. The Morgan fingerprint density at radius 1 is 0.860 bits per heavy atom. The summed E-state index contributed by atoms with van der Waals surface area (Å²) in [6, 6.07) is 18.9. The van der Waals surface area contributed by atoms with E-state index < -0.39 is 0 Å². The number of aryl methyl sites for hydroxylation is 1. The molecule has 8 rings (SSSR count). The monoisotopic (exact) mass is 790 g/mol. The Morgan fingerprint density at radius 3 is 2.49 bits per heavy atom. The molecule has 1 N–H and O–H groups in total. The number of rotatable bonds is 12. The molecule has 57 heavy (non-hydrogen) atoms. The number of carbonyl (C=O) groups excluding carboxylic acids is 2. The van der Waals surface area contributed by atoms with Crippen LogP contribution in [0.15, 0.2) is 71.3 Å². The van der Waals surface area contributed by atoms with Crippen LogP contribution < -0.4 is 19.5 Å². The summed E-state index contributed by atoms with van der Waals surface area (Å²) in [6.45, 7) is 5.15. The van der Waals surface area contributed by atoms with E-state index in [1.807, 2.05) is 46.3 Å². The molecule has 3 amide bonds. The molecule has 14 nitrogen and oxygen atoms in total. The molecule has 2 aliphatic heterocycles. The SMILES string of the molecule is COc1ccc(-c2nc3cc(NC(=O)Cc4ccc(OC)c(OC)c4)ccc3o2)c(-c2cnc(CN(C)Cc3cc4n(n3)CCCN(C(=O)N3CCCC3)C4)s2)c1. The van der Waals surface area contributed by atoms with Gasteiger partial charge < -0.3 is 33.7 Å². The highest BCUT2D eigenvalue weighted by atomic mass is 32.1. The van der Waals surface area contributed by atoms with E-state index in [1.165, 1.54) is 0 Å². The van der Waals surface area contributed by atoms with Crippen molar-refractivity contribution < 1.29 is 28.2 Å². The van der Waals surface area contributed by atoms with Crippen LogP contribution >= 0.6 is 11.3 Å². The highest BCUT2D eigenvalue weighted by Gasteiger charge is 2.27. The van der Waals surface area contributed by atoms with Crippen molar-refractivity contribution in [2.75, 3.05) is 53.3 Å². The first-order chi connectivity index (χ1) is 27.8. The van der Waals surface area contributed by atoms with Crippen LogP contribution in [0, 0.1) is 0 Å². The molecule has 0 spiro atoms. The fourth-order valence-electron chi connectivity index (χ4n) is 7.48. The molecule has 5 heterocycles. The second-order valence-electron chi connectivity index (χ2n) is 14.4. The Morgan fingerprint density at radius 2 is 1.68 bits per heavy atom. The number of amides is 3. The summed E-state index contributed by atoms with van der Waals surface area (Å²) >= 11 is 1.61. The molecule has 6 aromatic rings. The molecule has 1 fully saturated rings. The van der Waals surface area contributed by atoms with Gasteiger partial charge in [-0.25, -0.2) is 14.8 Å². The average molecular weight is 791 g/mol. The Labute approximate surface area is 335 Å². The Kier molecular flexibility index (Phi) is 11.1. The first-order valence-electron chi connectivity index (χ1n) is 19.1. The van der Waals surface area contributed by atoms with Crippen LogP contribution in [0.3, 0.4) is 0 Å². The molecular formula is C42H46N8O6S. The maximum absolute atomic E-state index is 13.1. The Balaban J connectivity index is 0.945. The van der Waals surface area contributed by atoms with Gasteiger partial charge in [-0.05, 0) is 86.5 Å². The zero-order valence-electron chi connectivity index (χ0n) is 32.6. The molecule has 296 valence electrons. The normalized spacial score (nSPS) is 14.2. The number of nitrogens with one attached hydrogen (secondary N) is 1. The first-order valence-corrected chi connectivity index (χ1v) is 19.9. The van der Waals surface area contributed by atoms with E-state index in [0.717, 1.165) is 83.4 Å². The lowest BCUT2D eigenvalue weighted by atomic mass is 10.1. The number of fused-ring (bicyclic) bond motifs is 2. The minimum Gasteiger partial charge on any atom is -0.497 e. The highest BCUT2D eigenvalue weighted by Crippen LogP contribution is 2.39. The van der Waals surface area contributed by atoms with Gasteiger partial charge in [-0.15, -0.1) is 11.3 Å². The summed E-state index contributed by atoms with van der Waals surface area (Å²) in [4.78, 5) is 42.9. The van der Waals surface area contributed by atoms with Crippen molar-refractivity contribution in [3.05, 3.63) is 88.8 Å². The van der Waals surface area contributed by atoms with Crippen LogP contribution in [0.25, 0.3) is 33.0 Å². The first kappa shape index (κ1) is 38.0. The summed E-state index contributed by atoms with van der Waals surface area (Å²) in [5.41, 5.74) is 6.37. The van der Waals surface area contributed by atoms with Gasteiger partial charge in [0.2, 0.25) is 11.8 Å². The van der Waals surface area contributed by atoms with E-state index >= 15 is 0 Å². The molecular weight excluding hydrogens is 745 g/mol. The number of anilines is 1. The number of aromatic nitrogens is 4. The minimum atomic E-state index is -0.175. The molecule has 15 heteroatoms. The van der Waals surface area contributed by atoms with Crippen LogP contribution in [0.4, 0.5) is 10.5 Å². The molecule has 0 bridgehead atoms. The van der Waals surface area contributed by atoms with Crippen molar-refractivity contribution in [3.63, 3.8) is 0 Å². The van der Waals surface area contributed by atoms with Crippen molar-refractivity contribution in [2.45, 2.75) is 51.9 Å². The van der Waals surface area contributed by atoms with Crippen molar-refractivity contribution in [3.8, 4) is 39.1 Å². The van der Waals surface area contributed by atoms with Gasteiger partial charge in [-0.2, -0.15) is 5.10 Å². The van der Waals surface area contributed by atoms with Crippen LogP contribution in [0.2, 0.25) is 0 Å². The van der Waals surface area contributed by atoms with Gasteiger partial charge >= 0.3 is 6.03 Å². The van der Waals surface area contributed by atoms with E-state index in [1.54, 1.807) is 56.9 Å². The Hall–Kier alpha value is -5.93. The summed E-state index contributed by atoms with van der Waals surface area (Å²) in [7, 11) is 6.85. The lowest BCUT2D eigenvalue weighted by molar-refractivity contribution is -0.115. The molecule has 0 unspecified atom stereocenters. The number of likely N-dealkylation sites (tertiary alicyclic amines) is 1. The number of carbonyl (C=O) groups is 2. The van der Waals surface area contributed by atoms with E-state index in [4.69, 9.17) is 33.7 Å². The number of oxazole rings is 1. The number of benzene rings is 3. The average Bonchev–Trinajstić information content (AvgIpc) is 4.04. The van der Waals surface area contributed by atoms with Crippen molar-refractivity contribution in [1.82, 2.24) is 34.4 Å². The van der Waals surface area contributed by atoms with Crippen molar-refractivity contribution >= 4 is 40.1 Å². The molecule has 3 aromatic heterocycles.